The second kappa shape index (κ2) is 8.65. The van der Waals surface area contributed by atoms with E-state index in [0.717, 1.165) is 43.8 Å². The molecular weight excluding hydrogens is 333 g/mol. The summed E-state index contributed by atoms with van der Waals surface area (Å²) in [6, 6.07) is 8.31. The van der Waals surface area contributed by atoms with Crippen LogP contribution in [-0.2, 0) is 0 Å². The monoisotopic (exact) mass is 359 g/mol. The third-order valence-corrected chi connectivity index (χ3v) is 5.22. The van der Waals surface area contributed by atoms with Crippen molar-refractivity contribution in [2.45, 2.75) is 43.7 Å². The third kappa shape index (κ3) is 5.05. The molecule has 1 aliphatic heterocycles. The molecule has 1 aromatic rings. The minimum Gasteiger partial charge on any atom is -0.389 e. The average molecular weight is 360 g/mol. The van der Waals surface area contributed by atoms with Gasteiger partial charge in [0.1, 0.15) is 0 Å². The lowest BCUT2D eigenvalue weighted by molar-refractivity contribution is 0.00431. The Hall–Kier alpha value is -0.360. The number of rotatable bonds is 5. The summed E-state index contributed by atoms with van der Waals surface area (Å²) < 4.78 is 0. The van der Waals surface area contributed by atoms with E-state index in [2.05, 4.69) is 28.3 Å². The molecule has 2 unspecified atom stereocenters. The van der Waals surface area contributed by atoms with Gasteiger partial charge >= 0.3 is 0 Å². The van der Waals surface area contributed by atoms with Crippen molar-refractivity contribution in [1.29, 1.82) is 0 Å². The second-order valence-electron chi connectivity index (χ2n) is 6.73. The van der Waals surface area contributed by atoms with Gasteiger partial charge in [0.2, 0.25) is 0 Å². The van der Waals surface area contributed by atoms with Crippen LogP contribution in [0.2, 0.25) is 5.02 Å². The van der Waals surface area contributed by atoms with Gasteiger partial charge in [0.05, 0.1) is 11.6 Å². The van der Waals surface area contributed by atoms with E-state index in [1.165, 1.54) is 12.0 Å². The maximum atomic E-state index is 10.6. The first-order chi connectivity index (χ1) is 10.7. The first-order valence-electron chi connectivity index (χ1n) is 8.33. The Balaban J connectivity index is 0.00000192. The lowest BCUT2D eigenvalue weighted by Gasteiger charge is -2.33. The molecule has 2 aliphatic rings. The molecule has 1 saturated carbocycles. The molecule has 0 spiro atoms. The number of hydrogen-bond acceptors (Lipinski definition) is 4. The van der Waals surface area contributed by atoms with E-state index in [0.29, 0.717) is 12.5 Å². The Morgan fingerprint density at radius 3 is 2.57 bits per heavy atom. The predicted octanol–water partition coefficient (Wildman–Crippen LogP) is 2.81. The highest BCUT2D eigenvalue weighted by molar-refractivity contribution is 6.30. The highest BCUT2D eigenvalue weighted by atomic mass is 35.5. The summed E-state index contributed by atoms with van der Waals surface area (Å²) in [6.07, 6.45) is 5.43. The molecule has 23 heavy (non-hydrogen) atoms. The number of aliphatic hydroxyl groups is 1. The number of nitrogens with one attached hydrogen (secondary N) is 3. The van der Waals surface area contributed by atoms with Crippen LogP contribution in [0.1, 0.15) is 43.7 Å². The van der Waals surface area contributed by atoms with Crippen molar-refractivity contribution in [3.05, 3.63) is 34.9 Å². The molecule has 3 rings (SSSR count). The van der Waals surface area contributed by atoms with Crippen LogP contribution in [0.3, 0.4) is 0 Å². The molecule has 1 saturated heterocycles. The van der Waals surface area contributed by atoms with Gasteiger partial charge < -0.3 is 10.4 Å². The smallest absolute Gasteiger partial charge is 0.0771 e. The SMILES string of the molecule is Cl.OC1(CNCC2CNNC2c2ccc(Cl)cc2)CCCCC1. The van der Waals surface area contributed by atoms with Gasteiger partial charge in [-0.2, -0.15) is 0 Å². The Labute approximate surface area is 149 Å². The molecule has 1 aliphatic carbocycles. The molecule has 0 amide bonds. The molecule has 0 bridgehead atoms. The molecule has 4 N–H and O–H groups in total. The van der Waals surface area contributed by atoms with E-state index in [1.807, 2.05) is 12.1 Å². The van der Waals surface area contributed by atoms with Crippen molar-refractivity contribution in [3.8, 4) is 0 Å². The van der Waals surface area contributed by atoms with Crippen molar-refractivity contribution in [1.82, 2.24) is 16.2 Å². The fraction of sp³-hybridized carbons (Fsp3) is 0.647. The van der Waals surface area contributed by atoms with E-state index < -0.39 is 5.60 Å². The minimum absolute atomic E-state index is 0. The Kier molecular flexibility index (Phi) is 7.14. The van der Waals surface area contributed by atoms with Crippen LogP contribution in [0.25, 0.3) is 0 Å². The molecule has 1 heterocycles. The molecule has 0 radical (unpaired) electrons. The Morgan fingerprint density at radius 2 is 1.87 bits per heavy atom. The standard InChI is InChI=1S/C17H26ClN3O.ClH/c18-15-6-4-13(5-7-15)16-14(11-20-21-16)10-19-12-17(22)8-2-1-3-9-17;/h4-7,14,16,19-22H,1-3,8-12H2;1H. The fourth-order valence-electron chi connectivity index (χ4n) is 3.63. The summed E-state index contributed by atoms with van der Waals surface area (Å²) in [5, 5.41) is 14.8. The van der Waals surface area contributed by atoms with Gasteiger partial charge in [0.25, 0.3) is 0 Å². The lowest BCUT2D eigenvalue weighted by atomic mass is 9.84. The predicted molar refractivity (Wildman–Crippen MR) is 97.0 cm³/mol. The van der Waals surface area contributed by atoms with Gasteiger partial charge in [0.15, 0.2) is 0 Å². The third-order valence-electron chi connectivity index (χ3n) is 4.97. The zero-order valence-electron chi connectivity index (χ0n) is 13.4. The van der Waals surface area contributed by atoms with E-state index in [-0.39, 0.29) is 18.4 Å². The maximum absolute atomic E-state index is 10.6. The van der Waals surface area contributed by atoms with Gasteiger partial charge in [-0.1, -0.05) is 43.0 Å². The summed E-state index contributed by atoms with van der Waals surface area (Å²) in [5.74, 6) is 0.466. The normalized spacial score (nSPS) is 26.7. The van der Waals surface area contributed by atoms with E-state index in [4.69, 9.17) is 11.6 Å². The summed E-state index contributed by atoms with van der Waals surface area (Å²) in [5.41, 5.74) is 7.35. The second-order valence-corrected chi connectivity index (χ2v) is 7.17. The molecule has 2 atom stereocenters. The van der Waals surface area contributed by atoms with Gasteiger partial charge in [-0.15, -0.1) is 12.4 Å². The number of hydrazine groups is 1. The number of hydrogen-bond donors (Lipinski definition) is 4. The van der Waals surface area contributed by atoms with E-state index >= 15 is 0 Å². The van der Waals surface area contributed by atoms with Crippen LogP contribution in [0.15, 0.2) is 24.3 Å². The molecule has 0 aromatic heterocycles. The average Bonchev–Trinajstić information content (AvgIpc) is 2.97. The minimum atomic E-state index is -0.493. The molecule has 4 nitrogen and oxygen atoms in total. The first kappa shape index (κ1) is 19.0. The Morgan fingerprint density at radius 1 is 1.17 bits per heavy atom. The number of benzene rings is 1. The topological polar surface area (TPSA) is 56.3 Å². The Bertz CT molecular complexity index is 477. The maximum Gasteiger partial charge on any atom is 0.0771 e. The van der Waals surface area contributed by atoms with E-state index in [1.54, 1.807) is 0 Å². The van der Waals surface area contributed by atoms with E-state index in [9.17, 15) is 5.11 Å². The summed E-state index contributed by atoms with van der Waals surface area (Å²) in [7, 11) is 0. The van der Waals surface area contributed by atoms with Crippen molar-refractivity contribution in [2.24, 2.45) is 5.92 Å². The number of halogens is 2. The van der Waals surface area contributed by atoms with Crippen LogP contribution in [0, 0.1) is 5.92 Å². The van der Waals surface area contributed by atoms with Crippen molar-refractivity contribution in [3.63, 3.8) is 0 Å². The quantitative estimate of drug-likeness (QED) is 0.652. The van der Waals surface area contributed by atoms with Gasteiger partial charge in [-0.3, -0.25) is 5.43 Å². The largest absolute Gasteiger partial charge is 0.389 e. The first-order valence-corrected chi connectivity index (χ1v) is 8.71. The molecule has 1 aromatic carbocycles. The van der Waals surface area contributed by atoms with Crippen LogP contribution < -0.4 is 16.2 Å². The van der Waals surface area contributed by atoms with Gasteiger partial charge in [-0.05, 0) is 30.5 Å². The van der Waals surface area contributed by atoms with Crippen molar-refractivity contribution < 1.29 is 5.11 Å². The summed E-state index contributed by atoms with van der Waals surface area (Å²) >= 11 is 5.96. The highest BCUT2D eigenvalue weighted by Crippen LogP contribution is 2.28. The van der Waals surface area contributed by atoms with Crippen LogP contribution in [0.4, 0.5) is 0 Å². The molecule has 6 heteroatoms. The zero-order valence-corrected chi connectivity index (χ0v) is 14.9. The van der Waals surface area contributed by atoms with Crippen LogP contribution in [-0.4, -0.2) is 30.3 Å². The summed E-state index contributed by atoms with van der Waals surface area (Å²) in [6.45, 7) is 2.53. The van der Waals surface area contributed by atoms with Crippen LogP contribution in [0.5, 0.6) is 0 Å². The van der Waals surface area contributed by atoms with Crippen LogP contribution >= 0.6 is 24.0 Å². The summed E-state index contributed by atoms with van der Waals surface area (Å²) in [4.78, 5) is 0. The van der Waals surface area contributed by atoms with Gasteiger partial charge in [-0.25, -0.2) is 5.43 Å². The molecular formula is C17H27Cl2N3O. The molecule has 2 fully saturated rings. The van der Waals surface area contributed by atoms with Crippen molar-refractivity contribution >= 4 is 24.0 Å². The molecule has 130 valence electrons. The highest BCUT2D eigenvalue weighted by Gasteiger charge is 2.31. The zero-order chi connectivity index (χ0) is 15.4. The van der Waals surface area contributed by atoms with Crippen molar-refractivity contribution in [2.75, 3.05) is 19.6 Å². The fourth-order valence-corrected chi connectivity index (χ4v) is 3.75. The van der Waals surface area contributed by atoms with Gasteiger partial charge in [0, 0.05) is 30.6 Å². The lowest BCUT2D eigenvalue weighted by Crippen LogP contribution is -2.44.